The lowest BCUT2D eigenvalue weighted by Gasteiger charge is -2.10. The summed E-state index contributed by atoms with van der Waals surface area (Å²) in [6, 6.07) is 5.08. The molecule has 82 valence electrons. The summed E-state index contributed by atoms with van der Waals surface area (Å²) in [5, 5.41) is 3.64. The fraction of sp³-hybridized carbons (Fsp3) is 0.300. The van der Waals surface area contributed by atoms with Crippen molar-refractivity contribution in [2.75, 3.05) is 11.9 Å². The Bertz CT molecular complexity index is 355. The van der Waals surface area contributed by atoms with Gasteiger partial charge in [0.2, 0.25) is 0 Å². The maximum atomic E-state index is 11.4. The highest BCUT2D eigenvalue weighted by molar-refractivity contribution is 6.31. The Kier molecular flexibility index (Phi) is 4.39. The van der Waals surface area contributed by atoms with E-state index in [4.69, 9.17) is 17.4 Å². The molecule has 1 rings (SSSR count). The molecule has 0 saturated heterocycles. The normalized spacial score (nSPS) is 9.80. The van der Waals surface area contributed by atoms with E-state index in [0.717, 1.165) is 18.7 Å². The molecule has 0 bridgehead atoms. The molecule has 0 atom stereocenters. The minimum absolute atomic E-state index is 0.351. The highest BCUT2D eigenvalue weighted by Crippen LogP contribution is 2.20. The van der Waals surface area contributed by atoms with Gasteiger partial charge in [-0.05, 0) is 24.6 Å². The van der Waals surface area contributed by atoms with Gasteiger partial charge >= 0.3 is 0 Å². The molecule has 0 radical (unpaired) electrons. The Morgan fingerprint density at radius 1 is 1.53 bits per heavy atom. The van der Waals surface area contributed by atoms with E-state index < -0.39 is 0 Å². The number of carbonyl (C=O) groups is 1. The summed E-state index contributed by atoms with van der Waals surface area (Å²) in [6.07, 6.45) is 0.978. The first kappa shape index (κ1) is 11.8. The van der Waals surface area contributed by atoms with E-state index in [1.54, 1.807) is 18.2 Å². The molecule has 0 aliphatic carbocycles. The van der Waals surface area contributed by atoms with Crippen LogP contribution in [0, 0.1) is 0 Å². The second-order valence-corrected chi connectivity index (χ2v) is 3.53. The zero-order valence-electron chi connectivity index (χ0n) is 8.51. The summed E-state index contributed by atoms with van der Waals surface area (Å²) in [6.45, 7) is 2.85. The minimum atomic E-state index is -0.351. The van der Waals surface area contributed by atoms with Crippen molar-refractivity contribution < 1.29 is 4.79 Å². The van der Waals surface area contributed by atoms with Crippen LogP contribution in [0.5, 0.6) is 0 Å². The molecule has 4 nitrogen and oxygen atoms in total. The second-order valence-electron chi connectivity index (χ2n) is 3.09. The number of rotatable bonds is 4. The van der Waals surface area contributed by atoms with Gasteiger partial charge in [0.25, 0.3) is 5.91 Å². The van der Waals surface area contributed by atoms with E-state index in [9.17, 15) is 4.79 Å². The van der Waals surface area contributed by atoms with Gasteiger partial charge in [-0.3, -0.25) is 10.2 Å². The van der Waals surface area contributed by atoms with E-state index >= 15 is 0 Å². The third-order valence-electron chi connectivity index (χ3n) is 1.92. The highest BCUT2D eigenvalue weighted by Gasteiger charge is 2.10. The molecule has 0 saturated carbocycles. The Hall–Kier alpha value is -1.26. The largest absolute Gasteiger partial charge is 0.384 e. The summed E-state index contributed by atoms with van der Waals surface area (Å²) in [7, 11) is 0. The predicted octanol–water partition coefficient (Wildman–Crippen LogP) is 1.77. The molecule has 1 aromatic carbocycles. The van der Waals surface area contributed by atoms with Crippen LogP contribution < -0.4 is 16.6 Å². The molecular weight excluding hydrogens is 214 g/mol. The number of halogens is 1. The van der Waals surface area contributed by atoms with Gasteiger partial charge in [0.05, 0.1) is 5.56 Å². The SMILES string of the molecule is CCCNc1ccc(Cl)cc1C(=O)NN. The molecule has 0 aromatic heterocycles. The van der Waals surface area contributed by atoms with Gasteiger partial charge in [-0.15, -0.1) is 0 Å². The van der Waals surface area contributed by atoms with Crippen molar-refractivity contribution >= 4 is 23.2 Å². The first-order chi connectivity index (χ1) is 7.19. The smallest absolute Gasteiger partial charge is 0.267 e. The number of hydrogen-bond acceptors (Lipinski definition) is 3. The zero-order chi connectivity index (χ0) is 11.3. The lowest BCUT2D eigenvalue weighted by molar-refractivity contribution is 0.0954. The van der Waals surface area contributed by atoms with Gasteiger partial charge in [-0.1, -0.05) is 18.5 Å². The molecule has 15 heavy (non-hydrogen) atoms. The van der Waals surface area contributed by atoms with Crippen LogP contribution in [0.15, 0.2) is 18.2 Å². The number of hydrogen-bond donors (Lipinski definition) is 3. The molecule has 0 spiro atoms. The lowest BCUT2D eigenvalue weighted by atomic mass is 10.1. The van der Waals surface area contributed by atoms with Crippen LogP contribution in [0.25, 0.3) is 0 Å². The highest BCUT2D eigenvalue weighted by atomic mass is 35.5. The van der Waals surface area contributed by atoms with Crippen LogP contribution in [0.2, 0.25) is 5.02 Å². The van der Waals surface area contributed by atoms with Crippen molar-refractivity contribution in [3.05, 3.63) is 28.8 Å². The lowest BCUT2D eigenvalue weighted by Crippen LogP contribution is -2.30. The van der Waals surface area contributed by atoms with Crippen molar-refractivity contribution in [3.8, 4) is 0 Å². The first-order valence-electron chi connectivity index (χ1n) is 4.73. The Balaban J connectivity index is 2.97. The van der Waals surface area contributed by atoms with Crippen LogP contribution in [-0.4, -0.2) is 12.5 Å². The molecule has 0 fully saturated rings. The van der Waals surface area contributed by atoms with Crippen molar-refractivity contribution in [3.63, 3.8) is 0 Å². The molecule has 1 amide bonds. The number of carbonyl (C=O) groups excluding carboxylic acids is 1. The van der Waals surface area contributed by atoms with Gasteiger partial charge < -0.3 is 5.32 Å². The van der Waals surface area contributed by atoms with Gasteiger partial charge in [0.15, 0.2) is 0 Å². The number of amides is 1. The van der Waals surface area contributed by atoms with Crippen molar-refractivity contribution in [2.45, 2.75) is 13.3 Å². The second kappa shape index (κ2) is 5.58. The standard InChI is InChI=1S/C10H14ClN3O/c1-2-5-13-9-4-3-7(11)6-8(9)10(15)14-12/h3-4,6,13H,2,5,12H2,1H3,(H,14,15). The molecule has 0 aliphatic heterocycles. The molecule has 0 aliphatic rings. The van der Waals surface area contributed by atoms with Crippen molar-refractivity contribution in [1.82, 2.24) is 5.43 Å². The topological polar surface area (TPSA) is 67.2 Å². The Morgan fingerprint density at radius 3 is 2.87 bits per heavy atom. The summed E-state index contributed by atoms with van der Waals surface area (Å²) in [4.78, 5) is 11.4. The molecule has 1 aromatic rings. The summed E-state index contributed by atoms with van der Waals surface area (Å²) in [5.74, 6) is 4.73. The number of nitrogen functional groups attached to an aromatic ring is 1. The van der Waals surface area contributed by atoms with Crippen LogP contribution >= 0.6 is 11.6 Å². The maximum Gasteiger partial charge on any atom is 0.267 e. The van der Waals surface area contributed by atoms with Gasteiger partial charge in [-0.25, -0.2) is 5.84 Å². The Morgan fingerprint density at radius 2 is 2.27 bits per heavy atom. The van der Waals surface area contributed by atoms with Gasteiger partial charge in [-0.2, -0.15) is 0 Å². The monoisotopic (exact) mass is 227 g/mol. The van der Waals surface area contributed by atoms with Gasteiger partial charge in [0, 0.05) is 17.3 Å². The van der Waals surface area contributed by atoms with Crippen LogP contribution in [-0.2, 0) is 0 Å². The minimum Gasteiger partial charge on any atom is -0.384 e. The fourth-order valence-electron chi connectivity index (χ4n) is 1.20. The van der Waals surface area contributed by atoms with E-state index in [-0.39, 0.29) is 5.91 Å². The molecule has 4 N–H and O–H groups in total. The quantitative estimate of drug-likeness (QED) is 0.417. The van der Waals surface area contributed by atoms with Crippen LogP contribution in [0.3, 0.4) is 0 Å². The number of benzene rings is 1. The summed E-state index contributed by atoms with van der Waals surface area (Å²) < 4.78 is 0. The average molecular weight is 228 g/mol. The van der Waals surface area contributed by atoms with E-state index in [1.807, 2.05) is 6.92 Å². The third kappa shape index (κ3) is 3.11. The van der Waals surface area contributed by atoms with Crippen LogP contribution in [0.1, 0.15) is 23.7 Å². The van der Waals surface area contributed by atoms with Gasteiger partial charge in [0.1, 0.15) is 0 Å². The molecule has 0 heterocycles. The van der Waals surface area contributed by atoms with Crippen LogP contribution in [0.4, 0.5) is 5.69 Å². The Labute approximate surface area is 93.8 Å². The maximum absolute atomic E-state index is 11.4. The number of anilines is 1. The van der Waals surface area contributed by atoms with E-state index in [0.29, 0.717) is 10.6 Å². The fourth-order valence-corrected chi connectivity index (χ4v) is 1.37. The van der Waals surface area contributed by atoms with E-state index in [1.165, 1.54) is 0 Å². The summed E-state index contributed by atoms with van der Waals surface area (Å²) >= 11 is 5.80. The molecule has 0 unspecified atom stereocenters. The summed E-state index contributed by atoms with van der Waals surface area (Å²) in [5.41, 5.74) is 3.28. The third-order valence-corrected chi connectivity index (χ3v) is 2.16. The zero-order valence-corrected chi connectivity index (χ0v) is 9.27. The van der Waals surface area contributed by atoms with Crippen molar-refractivity contribution in [2.24, 2.45) is 5.84 Å². The average Bonchev–Trinajstić information content (AvgIpc) is 2.26. The van der Waals surface area contributed by atoms with Crippen molar-refractivity contribution in [1.29, 1.82) is 0 Å². The predicted molar refractivity (Wildman–Crippen MR) is 61.9 cm³/mol. The number of nitrogens with one attached hydrogen (secondary N) is 2. The van der Waals surface area contributed by atoms with E-state index in [2.05, 4.69) is 10.7 Å². The number of nitrogens with two attached hydrogens (primary N) is 1. The molecular formula is C10H14ClN3O. The number of hydrazine groups is 1. The molecule has 5 heteroatoms. The first-order valence-corrected chi connectivity index (χ1v) is 5.11.